The monoisotopic (exact) mass is 868 g/mol. The van der Waals surface area contributed by atoms with E-state index in [0.29, 0.717) is 5.41 Å². The molecule has 314 valence electrons. The van der Waals surface area contributed by atoms with Gasteiger partial charge in [-0.05, 0) is 86.0 Å². The van der Waals surface area contributed by atoms with E-state index >= 15 is 0 Å². The van der Waals surface area contributed by atoms with Crippen LogP contribution in [0.3, 0.4) is 0 Å². The molecule has 0 bridgehead atoms. The number of alkyl halides is 1. The Bertz CT molecular complexity index is 1120. The predicted octanol–water partition coefficient (Wildman–Crippen LogP) is 17.5. The van der Waals surface area contributed by atoms with Gasteiger partial charge in [0.2, 0.25) is 0 Å². The Labute approximate surface area is 357 Å². The third kappa shape index (κ3) is 16.9. The van der Waals surface area contributed by atoms with Crippen LogP contribution in [0.1, 0.15) is 244 Å². The SMILES string of the molecule is CCC1(N)CCCC(CI)(C2CCCCCCCCCCCCCCCC(C3(c4ccccccccc4)CCCCCCCCCCCCCCC3)C2)C1. The van der Waals surface area contributed by atoms with E-state index in [-0.39, 0.29) is 11.0 Å². The van der Waals surface area contributed by atoms with Crippen molar-refractivity contribution >= 4 is 22.6 Å². The van der Waals surface area contributed by atoms with Gasteiger partial charge in [-0.1, -0.05) is 257 Å². The van der Waals surface area contributed by atoms with Crippen LogP contribution in [0.4, 0.5) is 0 Å². The fourth-order valence-corrected chi connectivity index (χ4v) is 13.1. The smallest absolute Gasteiger partial charge is 0.0157 e. The molecule has 0 saturated heterocycles. The molecule has 1 aromatic carbocycles. The van der Waals surface area contributed by atoms with Crippen LogP contribution >= 0.6 is 22.6 Å². The van der Waals surface area contributed by atoms with E-state index in [9.17, 15) is 0 Å². The Morgan fingerprint density at radius 3 is 1.27 bits per heavy atom. The lowest BCUT2D eigenvalue weighted by molar-refractivity contribution is 0.0359. The van der Waals surface area contributed by atoms with Gasteiger partial charge in [-0.25, -0.2) is 0 Å². The quantitative estimate of drug-likeness (QED) is 0.232. The Hall–Kier alpha value is -0.610. The molecule has 1 nitrogen and oxygen atoms in total. The molecule has 4 rings (SSSR count). The van der Waals surface area contributed by atoms with Crippen LogP contribution in [0.2, 0.25) is 0 Å². The molecule has 0 aromatic heterocycles. The molecule has 3 saturated carbocycles. The van der Waals surface area contributed by atoms with E-state index in [2.05, 4.69) is 84.1 Å². The number of hydrogen-bond donors (Lipinski definition) is 1. The molecule has 0 aliphatic heterocycles. The summed E-state index contributed by atoms with van der Waals surface area (Å²) in [4.78, 5) is 0. The zero-order chi connectivity index (χ0) is 38.8. The van der Waals surface area contributed by atoms with Gasteiger partial charge in [0, 0.05) is 9.97 Å². The van der Waals surface area contributed by atoms with E-state index in [1.165, 1.54) is 229 Å². The van der Waals surface area contributed by atoms with Crippen molar-refractivity contribution in [2.24, 2.45) is 23.0 Å². The number of hydrogen-bond acceptors (Lipinski definition) is 1. The molecular weight excluding hydrogens is 777 g/mol. The molecule has 1 aromatic rings. The van der Waals surface area contributed by atoms with E-state index in [1.54, 1.807) is 5.56 Å². The van der Waals surface area contributed by atoms with Gasteiger partial charge < -0.3 is 5.73 Å². The molecule has 2 N–H and O–H groups in total. The van der Waals surface area contributed by atoms with Crippen LogP contribution < -0.4 is 5.73 Å². The summed E-state index contributed by atoms with van der Waals surface area (Å²) >= 11 is 2.84. The van der Waals surface area contributed by atoms with Gasteiger partial charge >= 0.3 is 0 Å². The van der Waals surface area contributed by atoms with Crippen molar-refractivity contribution in [3.8, 4) is 0 Å². The first kappa shape index (κ1) is 47.1. The third-order valence-electron chi connectivity index (χ3n) is 15.4. The molecule has 3 aliphatic rings. The van der Waals surface area contributed by atoms with E-state index in [4.69, 9.17) is 5.73 Å². The van der Waals surface area contributed by atoms with Gasteiger partial charge in [0.25, 0.3) is 0 Å². The standard InChI is InChI=1S/C53H90IN/c1-2-52(55)42-36-41-51(46-52,47-54)49-39-32-26-18-13-9-5-3-6-10-14-19-27-33-40-50(45-49)53(48-37-30-24-20-17-21-25-31-38-48)43-34-28-22-15-11-7-4-8-12-16-23-29-35-44-53/h17,20-21,24-25,30-31,37-38,49-50H,2-16,18-19,22-23,26-29,32-36,39-47,55H2,1H3. The molecule has 0 amide bonds. The highest BCUT2D eigenvalue weighted by molar-refractivity contribution is 14.1. The Morgan fingerprint density at radius 2 is 0.855 bits per heavy atom. The van der Waals surface area contributed by atoms with Crippen LogP contribution in [0.5, 0.6) is 0 Å². The van der Waals surface area contributed by atoms with Crippen LogP contribution in [0, 0.1) is 17.3 Å². The van der Waals surface area contributed by atoms with Crippen molar-refractivity contribution in [2.75, 3.05) is 4.43 Å². The van der Waals surface area contributed by atoms with Crippen LogP contribution in [-0.2, 0) is 5.41 Å². The molecule has 4 atom stereocenters. The summed E-state index contributed by atoms with van der Waals surface area (Å²) in [5, 5.41) is 0. The van der Waals surface area contributed by atoms with E-state index in [0.717, 1.165) is 18.3 Å². The summed E-state index contributed by atoms with van der Waals surface area (Å²) in [5.41, 5.74) is 9.67. The van der Waals surface area contributed by atoms with Crippen molar-refractivity contribution in [1.82, 2.24) is 0 Å². The zero-order valence-corrected chi connectivity index (χ0v) is 38.6. The molecule has 4 unspecified atom stereocenters. The second-order valence-electron chi connectivity index (χ2n) is 19.4. The molecule has 0 spiro atoms. The Kier molecular flexibility index (Phi) is 23.9. The second kappa shape index (κ2) is 28.0. The second-order valence-corrected chi connectivity index (χ2v) is 20.2. The first-order valence-electron chi connectivity index (χ1n) is 24.8. The number of rotatable bonds is 5. The summed E-state index contributed by atoms with van der Waals surface area (Å²) in [5.74, 6) is 1.51. The first-order valence-corrected chi connectivity index (χ1v) is 26.3. The minimum Gasteiger partial charge on any atom is -0.325 e. The Morgan fingerprint density at radius 1 is 0.473 bits per heavy atom. The third-order valence-corrected chi connectivity index (χ3v) is 16.9. The van der Waals surface area contributed by atoms with E-state index in [1.807, 2.05) is 0 Å². The maximum atomic E-state index is 7.37. The highest BCUT2D eigenvalue weighted by atomic mass is 127. The van der Waals surface area contributed by atoms with Crippen LogP contribution in [0.25, 0.3) is 0 Å². The summed E-state index contributed by atoms with van der Waals surface area (Å²) in [7, 11) is 0. The molecule has 0 heterocycles. The lowest BCUT2D eigenvalue weighted by atomic mass is 9.55. The van der Waals surface area contributed by atoms with Crippen molar-refractivity contribution in [3.05, 3.63) is 60.2 Å². The maximum absolute atomic E-state index is 7.37. The van der Waals surface area contributed by atoms with E-state index < -0.39 is 0 Å². The van der Waals surface area contributed by atoms with Gasteiger partial charge in [0.15, 0.2) is 0 Å². The topological polar surface area (TPSA) is 26.0 Å². The minimum atomic E-state index is 0.0246. The maximum Gasteiger partial charge on any atom is 0.0157 e. The summed E-state index contributed by atoms with van der Waals surface area (Å²) in [6.45, 7) is 2.39. The number of nitrogens with two attached hydrogens (primary N) is 1. The summed E-state index contributed by atoms with van der Waals surface area (Å²) in [6, 6.07) is 21.2. The van der Waals surface area contributed by atoms with Crippen molar-refractivity contribution in [3.63, 3.8) is 0 Å². The van der Waals surface area contributed by atoms with Crippen molar-refractivity contribution in [2.45, 2.75) is 249 Å². The predicted molar refractivity (Wildman–Crippen MR) is 253 cm³/mol. The largest absolute Gasteiger partial charge is 0.325 e. The molecule has 3 aliphatic carbocycles. The van der Waals surface area contributed by atoms with Crippen molar-refractivity contribution < 1.29 is 0 Å². The number of halogens is 1. The average Bonchev–Trinajstić information content (AvgIpc) is 3.20. The van der Waals surface area contributed by atoms with Crippen LogP contribution in [-0.4, -0.2) is 9.97 Å². The highest BCUT2D eigenvalue weighted by Crippen LogP contribution is 2.55. The molecule has 2 heteroatoms. The van der Waals surface area contributed by atoms with Gasteiger partial charge in [-0.3, -0.25) is 0 Å². The van der Waals surface area contributed by atoms with Crippen molar-refractivity contribution in [1.29, 1.82) is 0 Å². The summed E-state index contributed by atoms with van der Waals surface area (Å²) in [6.07, 6.45) is 50.8. The fraction of sp³-hybridized carbons (Fsp3) is 0.811. The molecular formula is C53H90IN. The zero-order valence-electron chi connectivity index (χ0n) is 36.5. The highest BCUT2D eigenvalue weighted by Gasteiger charge is 2.48. The Balaban J connectivity index is 1.81. The molecule has 3 fully saturated rings. The molecule has 55 heavy (non-hydrogen) atoms. The van der Waals surface area contributed by atoms with Gasteiger partial charge in [-0.15, -0.1) is 0 Å². The van der Waals surface area contributed by atoms with Gasteiger partial charge in [0.1, 0.15) is 0 Å². The minimum absolute atomic E-state index is 0.0246. The summed E-state index contributed by atoms with van der Waals surface area (Å²) < 4.78 is 1.29. The lowest BCUT2D eigenvalue weighted by Crippen LogP contribution is -2.52. The van der Waals surface area contributed by atoms with Crippen LogP contribution in [0.15, 0.2) is 54.6 Å². The molecule has 0 radical (unpaired) electrons. The van der Waals surface area contributed by atoms with Gasteiger partial charge in [0.05, 0.1) is 0 Å². The first-order chi connectivity index (χ1) is 27.1. The average molecular weight is 868 g/mol. The van der Waals surface area contributed by atoms with Gasteiger partial charge in [-0.2, -0.15) is 0 Å². The normalized spacial score (nSPS) is 30.2. The fourth-order valence-electron chi connectivity index (χ4n) is 11.8. The lowest BCUT2D eigenvalue weighted by Gasteiger charge is -2.52.